The number of carbonyl (C=O) groups is 1. The van der Waals surface area contributed by atoms with Crippen molar-refractivity contribution in [3.05, 3.63) is 34.4 Å². The molecule has 0 saturated carbocycles. The van der Waals surface area contributed by atoms with Gasteiger partial charge in [0.25, 0.3) is 5.69 Å². The van der Waals surface area contributed by atoms with Gasteiger partial charge in [0.15, 0.2) is 0 Å². The Morgan fingerprint density at radius 2 is 2.00 bits per heavy atom. The number of anilines is 1. The zero-order chi connectivity index (χ0) is 11.5. The van der Waals surface area contributed by atoms with Crippen molar-refractivity contribution in [1.82, 2.24) is 5.32 Å². The number of amides is 1. The van der Waals surface area contributed by atoms with Crippen LogP contribution in [-0.4, -0.2) is 30.5 Å². The molecule has 6 heteroatoms. The minimum atomic E-state index is -0.438. The monoisotopic (exact) mass is 221 g/mol. The number of carbonyl (C=O) groups excluding carboxylic acids is 1. The molecule has 0 bridgehead atoms. The summed E-state index contributed by atoms with van der Waals surface area (Å²) < 4.78 is 0. The minimum absolute atomic E-state index is 0.0235. The van der Waals surface area contributed by atoms with Gasteiger partial charge in [-0.2, -0.15) is 0 Å². The van der Waals surface area contributed by atoms with Crippen molar-refractivity contribution in [1.29, 1.82) is 0 Å². The van der Waals surface area contributed by atoms with E-state index in [9.17, 15) is 14.9 Å². The van der Waals surface area contributed by atoms with E-state index in [0.29, 0.717) is 13.1 Å². The average Bonchev–Trinajstić information content (AvgIpc) is 2.29. The standard InChI is InChI=1S/C10H11N3O3/c14-10-7-12(6-5-11-10)8-1-3-9(4-2-8)13(15)16/h1-4H,5-7H2,(H,11,14). The third-order valence-corrected chi connectivity index (χ3v) is 2.46. The van der Waals surface area contributed by atoms with E-state index < -0.39 is 4.92 Å². The van der Waals surface area contributed by atoms with E-state index >= 15 is 0 Å². The van der Waals surface area contributed by atoms with E-state index in [1.165, 1.54) is 12.1 Å². The van der Waals surface area contributed by atoms with Crippen LogP contribution >= 0.6 is 0 Å². The summed E-state index contributed by atoms with van der Waals surface area (Å²) in [7, 11) is 0. The first kappa shape index (κ1) is 10.4. The molecule has 6 nitrogen and oxygen atoms in total. The van der Waals surface area contributed by atoms with Crippen LogP contribution in [-0.2, 0) is 4.79 Å². The molecule has 1 aliphatic heterocycles. The molecule has 0 aliphatic carbocycles. The summed E-state index contributed by atoms with van der Waals surface area (Å²) in [6, 6.07) is 6.22. The first-order chi connectivity index (χ1) is 7.66. The van der Waals surface area contributed by atoms with Crippen LogP contribution < -0.4 is 10.2 Å². The summed E-state index contributed by atoms with van der Waals surface area (Å²) in [5.41, 5.74) is 0.894. The number of hydrogen-bond acceptors (Lipinski definition) is 4. The van der Waals surface area contributed by atoms with Crippen molar-refractivity contribution < 1.29 is 9.72 Å². The first-order valence-corrected chi connectivity index (χ1v) is 4.93. The number of piperazine rings is 1. The molecular weight excluding hydrogens is 210 g/mol. The normalized spacial score (nSPS) is 15.8. The van der Waals surface area contributed by atoms with E-state index in [0.717, 1.165) is 12.2 Å². The van der Waals surface area contributed by atoms with Crippen LogP contribution in [0.3, 0.4) is 0 Å². The van der Waals surface area contributed by atoms with Crippen LogP contribution in [0, 0.1) is 10.1 Å². The molecule has 16 heavy (non-hydrogen) atoms. The minimum Gasteiger partial charge on any atom is -0.360 e. The second kappa shape index (κ2) is 4.18. The summed E-state index contributed by atoms with van der Waals surface area (Å²) in [5, 5.41) is 13.2. The van der Waals surface area contributed by atoms with Crippen molar-refractivity contribution in [3.8, 4) is 0 Å². The molecule has 0 atom stereocenters. The molecule has 2 rings (SSSR count). The topological polar surface area (TPSA) is 75.5 Å². The van der Waals surface area contributed by atoms with Gasteiger partial charge in [-0.1, -0.05) is 0 Å². The molecule has 0 radical (unpaired) electrons. The molecule has 0 unspecified atom stereocenters. The average molecular weight is 221 g/mol. The zero-order valence-electron chi connectivity index (χ0n) is 8.55. The molecular formula is C10H11N3O3. The summed E-state index contributed by atoms with van der Waals surface area (Å²) >= 11 is 0. The Balaban J connectivity index is 2.14. The fraction of sp³-hybridized carbons (Fsp3) is 0.300. The van der Waals surface area contributed by atoms with Crippen LogP contribution in [0.5, 0.6) is 0 Å². The van der Waals surface area contributed by atoms with Gasteiger partial charge in [-0.3, -0.25) is 14.9 Å². The Hall–Kier alpha value is -2.11. The summed E-state index contributed by atoms with van der Waals surface area (Å²) in [5.74, 6) is -0.0235. The molecule has 84 valence electrons. The second-order valence-electron chi connectivity index (χ2n) is 3.55. The Kier molecular flexibility index (Phi) is 2.72. The largest absolute Gasteiger partial charge is 0.360 e. The predicted octanol–water partition coefficient (Wildman–Crippen LogP) is 0.531. The van der Waals surface area contributed by atoms with Crippen LogP contribution in [0.2, 0.25) is 0 Å². The lowest BCUT2D eigenvalue weighted by molar-refractivity contribution is -0.384. The molecule has 0 spiro atoms. The number of rotatable bonds is 2. The molecule has 1 saturated heterocycles. The Morgan fingerprint density at radius 1 is 1.31 bits per heavy atom. The lowest BCUT2D eigenvalue weighted by Crippen LogP contribution is -2.47. The number of hydrogen-bond donors (Lipinski definition) is 1. The number of nitrogens with one attached hydrogen (secondary N) is 1. The van der Waals surface area contributed by atoms with Crippen molar-refractivity contribution in [2.45, 2.75) is 0 Å². The third kappa shape index (κ3) is 2.10. The van der Waals surface area contributed by atoms with Crippen molar-refractivity contribution in [2.75, 3.05) is 24.5 Å². The van der Waals surface area contributed by atoms with Crippen LogP contribution in [0.1, 0.15) is 0 Å². The highest BCUT2D eigenvalue weighted by molar-refractivity contribution is 5.82. The maximum absolute atomic E-state index is 11.2. The van der Waals surface area contributed by atoms with Crippen molar-refractivity contribution in [3.63, 3.8) is 0 Å². The van der Waals surface area contributed by atoms with E-state index in [4.69, 9.17) is 0 Å². The van der Waals surface area contributed by atoms with Gasteiger partial charge in [-0.05, 0) is 12.1 Å². The van der Waals surface area contributed by atoms with Gasteiger partial charge in [0.2, 0.25) is 5.91 Å². The van der Waals surface area contributed by atoms with Gasteiger partial charge in [0.05, 0.1) is 11.5 Å². The zero-order valence-corrected chi connectivity index (χ0v) is 8.55. The predicted molar refractivity (Wildman–Crippen MR) is 58.3 cm³/mol. The van der Waals surface area contributed by atoms with Gasteiger partial charge >= 0.3 is 0 Å². The Morgan fingerprint density at radius 3 is 2.56 bits per heavy atom. The van der Waals surface area contributed by atoms with Gasteiger partial charge in [0.1, 0.15) is 0 Å². The first-order valence-electron chi connectivity index (χ1n) is 4.93. The third-order valence-electron chi connectivity index (χ3n) is 2.46. The molecule has 1 fully saturated rings. The second-order valence-corrected chi connectivity index (χ2v) is 3.55. The van der Waals surface area contributed by atoms with Gasteiger partial charge in [0, 0.05) is 30.9 Å². The molecule has 1 aromatic rings. The lowest BCUT2D eigenvalue weighted by atomic mass is 10.2. The van der Waals surface area contributed by atoms with Crippen molar-refractivity contribution in [2.24, 2.45) is 0 Å². The maximum Gasteiger partial charge on any atom is 0.269 e. The Bertz CT molecular complexity index is 416. The fourth-order valence-corrected chi connectivity index (χ4v) is 1.64. The fourth-order valence-electron chi connectivity index (χ4n) is 1.64. The number of nitrogens with zero attached hydrogens (tertiary/aromatic N) is 2. The maximum atomic E-state index is 11.2. The van der Waals surface area contributed by atoms with Crippen LogP contribution in [0.15, 0.2) is 24.3 Å². The summed E-state index contributed by atoms with van der Waals surface area (Å²) in [6.45, 7) is 1.64. The molecule has 1 amide bonds. The van der Waals surface area contributed by atoms with Gasteiger partial charge < -0.3 is 10.2 Å². The SMILES string of the molecule is O=C1CN(c2ccc([N+](=O)[O-])cc2)CCN1. The van der Waals surface area contributed by atoms with E-state index in [1.807, 2.05) is 4.90 Å². The number of benzene rings is 1. The highest BCUT2D eigenvalue weighted by Gasteiger charge is 2.16. The molecule has 1 aromatic carbocycles. The molecule has 0 aromatic heterocycles. The van der Waals surface area contributed by atoms with Gasteiger partial charge in [-0.25, -0.2) is 0 Å². The number of non-ortho nitro benzene ring substituents is 1. The molecule has 1 aliphatic rings. The van der Waals surface area contributed by atoms with E-state index in [1.54, 1.807) is 12.1 Å². The van der Waals surface area contributed by atoms with Crippen LogP contribution in [0.25, 0.3) is 0 Å². The van der Waals surface area contributed by atoms with E-state index in [2.05, 4.69) is 5.32 Å². The highest BCUT2D eigenvalue weighted by atomic mass is 16.6. The smallest absolute Gasteiger partial charge is 0.269 e. The summed E-state index contributed by atoms with van der Waals surface area (Å²) in [6.07, 6.45) is 0. The molecule has 1 heterocycles. The Labute approximate surface area is 92.0 Å². The molecule has 1 N–H and O–H groups in total. The lowest BCUT2D eigenvalue weighted by Gasteiger charge is -2.28. The van der Waals surface area contributed by atoms with Crippen molar-refractivity contribution >= 4 is 17.3 Å². The quantitative estimate of drug-likeness (QED) is 0.584. The highest BCUT2D eigenvalue weighted by Crippen LogP contribution is 2.19. The summed E-state index contributed by atoms with van der Waals surface area (Å²) in [4.78, 5) is 23.1. The number of nitro benzene ring substituents is 1. The number of nitro groups is 1. The van der Waals surface area contributed by atoms with E-state index in [-0.39, 0.29) is 11.6 Å². The van der Waals surface area contributed by atoms with Gasteiger partial charge in [-0.15, -0.1) is 0 Å². The van der Waals surface area contributed by atoms with Crippen LogP contribution in [0.4, 0.5) is 11.4 Å².